The molecule has 0 aliphatic rings. The Morgan fingerprint density at radius 1 is 1.00 bits per heavy atom. The van der Waals surface area contributed by atoms with E-state index in [0.717, 1.165) is 16.4 Å². The van der Waals surface area contributed by atoms with Gasteiger partial charge in [0.2, 0.25) is 0 Å². The molecule has 1 N–H and O–H groups in total. The highest BCUT2D eigenvalue weighted by Crippen LogP contribution is 2.16. The number of nitrogens with zero attached hydrogens (tertiary/aromatic N) is 1. The highest BCUT2D eigenvalue weighted by atomic mass is 35.5. The van der Waals surface area contributed by atoms with Crippen LogP contribution in [0.4, 0.5) is 5.82 Å². The Bertz CT molecular complexity index is 486. The van der Waals surface area contributed by atoms with Gasteiger partial charge >= 0.3 is 0 Å². The number of aromatic nitrogens is 1. The van der Waals surface area contributed by atoms with Gasteiger partial charge in [0.1, 0.15) is 11.0 Å². The number of rotatable bonds is 3. The molecule has 0 saturated heterocycles. The number of halogens is 2. The van der Waals surface area contributed by atoms with Gasteiger partial charge in [0.05, 0.1) is 0 Å². The van der Waals surface area contributed by atoms with Crippen molar-refractivity contribution in [1.82, 2.24) is 4.98 Å². The molecule has 0 bridgehead atoms. The maximum Gasteiger partial charge on any atom is 0.131 e. The van der Waals surface area contributed by atoms with Gasteiger partial charge < -0.3 is 5.32 Å². The van der Waals surface area contributed by atoms with Crippen molar-refractivity contribution in [3.63, 3.8) is 0 Å². The van der Waals surface area contributed by atoms with Crippen molar-refractivity contribution in [1.29, 1.82) is 0 Å². The fourth-order valence-electron chi connectivity index (χ4n) is 1.33. The lowest BCUT2D eigenvalue weighted by molar-refractivity contribution is 1.11. The molecule has 0 radical (unpaired) electrons. The first-order valence-electron chi connectivity index (χ1n) is 4.85. The molecule has 1 aromatic carbocycles. The van der Waals surface area contributed by atoms with Crippen molar-refractivity contribution in [3.8, 4) is 0 Å². The Morgan fingerprint density at radius 3 is 2.56 bits per heavy atom. The first-order chi connectivity index (χ1) is 7.75. The van der Waals surface area contributed by atoms with Crippen LogP contribution >= 0.6 is 23.2 Å². The Labute approximate surface area is 104 Å². The van der Waals surface area contributed by atoms with Gasteiger partial charge in [-0.3, -0.25) is 0 Å². The van der Waals surface area contributed by atoms with E-state index < -0.39 is 0 Å². The Kier molecular flexibility index (Phi) is 3.65. The molecule has 0 saturated carbocycles. The molecule has 2 aromatic rings. The van der Waals surface area contributed by atoms with E-state index >= 15 is 0 Å². The van der Waals surface area contributed by atoms with Crippen molar-refractivity contribution >= 4 is 29.0 Å². The maximum absolute atomic E-state index is 6.04. The summed E-state index contributed by atoms with van der Waals surface area (Å²) in [6, 6.07) is 13.1. The minimum Gasteiger partial charge on any atom is -0.366 e. The van der Waals surface area contributed by atoms with Crippen molar-refractivity contribution in [2.45, 2.75) is 6.54 Å². The maximum atomic E-state index is 6.04. The molecule has 0 spiro atoms. The molecule has 0 fully saturated rings. The predicted octanol–water partition coefficient (Wildman–Crippen LogP) is 4.00. The summed E-state index contributed by atoms with van der Waals surface area (Å²) in [5.74, 6) is 0.743. The smallest absolute Gasteiger partial charge is 0.131 e. The average molecular weight is 253 g/mol. The van der Waals surface area contributed by atoms with Crippen LogP contribution in [0.15, 0.2) is 42.5 Å². The van der Waals surface area contributed by atoms with Crippen LogP contribution in [0, 0.1) is 0 Å². The SMILES string of the molecule is Clc1cccc(NCc2ccccc2Cl)n1. The summed E-state index contributed by atoms with van der Waals surface area (Å²) in [6.07, 6.45) is 0. The Balaban J connectivity index is 2.05. The van der Waals surface area contributed by atoms with Crippen molar-refractivity contribution in [3.05, 3.63) is 58.2 Å². The van der Waals surface area contributed by atoms with E-state index in [-0.39, 0.29) is 0 Å². The molecule has 0 aliphatic heterocycles. The van der Waals surface area contributed by atoms with Gasteiger partial charge in [-0.25, -0.2) is 4.98 Å². The molecule has 2 nitrogen and oxygen atoms in total. The molecule has 1 aromatic heterocycles. The minimum absolute atomic E-state index is 0.476. The zero-order valence-electron chi connectivity index (χ0n) is 8.45. The normalized spacial score (nSPS) is 10.1. The molecular formula is C12H10Cl2N2. The second kappa shape index (κ2) is 5.19. The zero-order chi connectivity index (χ0) is 11.4. The molecule has 4 heteroatoms. The molecule has 2 rings (SSSR count). The van der Waals surface area contributed by atoms with Gasteiger partial charge in [-0.05, 0) is 23.8 Å². The van der Waals surface area contributed by atoms with E-state index in [1.807, 2.05) is 36.4 Å². The fraction of sp³-hybridized carbons (Fsp3) is 0.0833. The molecular weight excluding hydrogens is 243 g/mol. The quantitative estimate of drug-likeness (QED) is 0.836. The van der Waals surface area contributed by atoms with Crippen LogP contribution in [0.25, 0.3) is 0 Å². The van der Waals surface area contributed by atoms with Crippen LogP contribution in [0.5, 0.6) is 0 Å². The van der Waals surface area contributed by atoms with Gasteiger partial charge in [-0.1, -0.05) is 47.5 Å². The molecule has 0 unspecified atom stereocenters. The highest BCUT2D eigenvalue weighted by molar-refractivity contribution is 6.31. The standard InChI is InChI=1S/C12H10Cl2N2/c13-10-5-2-1-4-9(10)8-15-12-7-3-6-11(14)16-12/h1-7H,8H2,(H,15,16). The molecule has 16 heavy (non-hydrogen) atoms. The number of hydrogen-bond acceptors (Lipinski definition) is 2. The summed E-state index contributed by atoms with van der Waals surface area (Å²) in [4.78, 5) is 4.13. The first-order valence-corrected chi connectivity index (χ1v) is 5.61. The van der Waals surface area contributed by atoms with Crippen LogP contribution in [0.1, 0.15) is 5.56 Å². The third kappa shape index (κ3) is 2.87. The summed E-state index contributed by atoms with van der Waals surface area (Å²) in [6.45, 7) is 0.632. The lowest BCUT2D eigenvalue weighted by Gasteiger charge is -2.07. The van der Waals surface area contributed by atoms with E-state index in [1.54, 1.807) is 6.07 Å². The van der Waals surface area contributed by atoms with Crippen molar-refractivity contribution < 1.29 is 0 Å². The van der Waals surface area contributed by atoms with Gasteiger partial charge in [-0.15, -0.1) is 0 Å². The topological polar surface area (TPSA) is 24.9 Å². The predicted molar refractivity (Wildman–Crippen MR) is 68.0 cm³/mol. The zero-order valence-corrected chi connectivity index (χ0v) is 9.96. The van der Waals surface area contributed by atoms with Crippen LogP contribution in [0.2, 0.25) is 10.2 Å². The molecule has 0 atom stereocenters. The van der Waals surface area contributed by atoms with E-state index in [1.165, 1.54) is 0 Å². The van der Waals surface area contributed by atoms with E-state index in [2.05, 4.69) is 10.3 Å². The number of benzene rings is 1. The van der Waals surface area contributed by atoms with E-state index in [9.17, 15) is 0 Å². The first kappa shape index (κ1) is 11.2. The second-order valence-electron chi connectivity index (χ2n) is 3.29. The summed E-state index contributed by atoms with van der Waals surface area (Å²) in [5, 5.41) is 4.39. The monoisotopic (exact) mass is 252 g/mol. The minimum atomic E-state index is 0.476. The summed E-state index contributed by atoms with van der Waals surface area (Å²) < 4.78 is 0. The number of pyridine rings is 1. The average Bonchev–Trinajstić information content (AvgIpc) is 2.28. The van der Waals surface area contributed by atoms with Crippen LogP contribution < -0.4 is 5.32 Å². The third-order valence-electron chi connectivity index (χ3n) is 2.13. The number of anilines is 1. The van der Waals surface area contributed by atoms with Crippen molar-refractivity contribution in [2.24, 2.45) is 0 Å². The Morgan fingerprint density at radius 2 is 1.81 bits per heavy atom. The highest BCUT2D eigenvalue weighted by Gasteiger charge is 1.99. The molecule has 0 amide bonds. The van der Waals surface area contributed by atoms with Gasteiger partial charge in [-0.2, -0.15) is 0 Å². The molecule has 82 valence electrons. The van der Waals surface area contributed by atoms with E-state index in [4.69, 9.17) is 23.2 Å². The molecule has 1 heterocycles. The molecule has 0 aliphatic carbocycles. The van der Waals surface area contributed by atoms with Gasteiger partial charge in [0, 0.05) is 11.6 Å². The van der Waals surface area contributed by atoms with Crippen molar-refractivity contribution in [2.75, 3.05) is 5.32 Å². The van der Waals surface area contributed by atoms with Crippen LogP contribution in [0.3, 0.4) is 0 Å². The lowest BCUT2D eigenvalue weighted by Crippen LogP contribution is -2.01. The fourth-order valence-corrected chi connectivity index (χ4v) is 1.70. The number of hydrogen-bond donors (Lipinski definition) is 1. The second-order valence-corrected chi connectivity index (χ2v) is 4.08. The van der Waals surface area contributed by atoms with E-state index in [0.29, 0.717) is 11.7 Å². The van der Waals surface area contributed by atoms with Gasteiger partial charge in [0.15, 0.2) is 0 Å². The summed E-state index contributed by atoms with van der Waals surface area (Å²) in [7, 11) is 0. The lowest BCUT2D eigenvalue weighted by atomic mass is 10.2. The summed E-state index contributed by atoms with van der Waals surface area (Å²) >= 11 is 11.8. The van der Waals surface area contributed by atoms with Gasteiger partial charge in [0.25, 0.3) is 0 Å². The largest absolute Gasteiger partial charge is 0.366 e. The van der Waals surface area contributed by atoms with Crippen LogP contribution in [-0.2, 0) is 6.54 Å². The third-order valence-corrected chi connectivity index (χ3v) is 2.71. The summed E-state index contributed by atoms with van der Waals surface area (Å²) in [5.41, 5.74) is 1.03. The van der Waals surface area contributed by atoms with Crippen LogP contribution in [-0.4, -0.2) is 4.98 Å². The number of nitrogens with one attached hydrogen (secondary N) is 1. The Hall–Kier alpha value is -1.25.